The van der Waals surface area contributed by atoms with E-state index in [1.165, 1.54) is 0 Å². The first-order chi connectivity index (χ1) is 10.2. The number of hydrogen-bond acceptors (Lipinski definition) is 2. The Labute approximate surface area is 123 Å². The van der Waals surface area contributed by atoms with Gasteiger partial charge in [0, 0.05) is 17.8 Å². The minimum absolute atomic E-state index is 0.159. The molecule has 2 aromatic carbocycles. The maximum absolute atomic E-state index is 12.1. The van der Waals surface area contributed by atoms with E-state index in [9.17, 15) is 4.79 Å². The van der Waals surface area contributed by atoms with E-state index in [-0.39, 0.29) is 5.91 Å². The van der Waals surface area contributed by atoms with E-state index >= 15 is 0 Å². The van der Waals surface area contributed by atoms with Crippen molar-refractivity contribution < 1.29 is 4.79 Å². The SMILES string of the molecule is Cc1ccc(C(=O)Nc2ccn(-c3ccccc3)n2)cc1. The molecule has 0 radical (unpaired) electrons. The van der Waals surface area contributed by atoms with Crippen LogP contribution >= 0.6 is 0 Å². The fraction of sp³-hybridized carbons (Fsp3) is 0.0588. The third kappa shape index (κ3) is 3.00. The van der Waals surface area contributed by atoms with Crippen molar-refractivity contribution in [2.24, 2.45) is 0 Å². The number of anilines is 1. The largest absolute Gasteiger partial charge is 0.305 e. The van der Waals surface area contributed by atoms with E-state index in [0.717, 1.165) is 11.3 Å². The highest BCUT2D eigenvalue weighted by molar-refractivity contribution is 6.03. The Bertz CT molecular complexity index is 745. The molecule has 0 spiro atoms. The highest BCUT2D eigenvalue weighted by atomic mass is 16.1. The van der Waals surface area contributed by atoms with Gasteiger partial charge in [0.25, 0.3) is 5.91 Å². The van der Waals surface area contributed by atoms with Gasteiger partial charge in [-0.05, 0) is 31.2 Å². The van der Waals surface area contributed by atoms with Crippen LogP contribution in [0.2, 0.25) is 0 Å². The van der Waals surface area contributed by atoms with Crippen LogP contribution in [0.4, 0.5) is 5.82 Å². The van der Waals surface area contributed by atoms with Gasteiger partial charge in [0.1, 0.15) is 0 Å². The Morgan fingerprint density at radius 1 is 1.00 bits per heavy atom. The fourth-order valence-corrected chi connectivity index (χ4v) is 2.01. The van der Waals surface area contributed by atoms with Crippen LogP contribution in [0.3, 0.4) is 0 Å². The van der Waals surface area contributed by atoms with Crippen molar-refractivity contribution in [2.45, 2.75) is 6.92 Å². The standard InChI is InChI=1S/C17H15N3O/c1-13-7-9-14(10-8-13)17(21)18-16-11-12-20(19-16)15-5-3-2-4-6-15/h2-12H,1H3,(H,18,19,21). The number of aryl methyl sites for hydroxylation is 1. The molecule has 0 atom stereocenters. The molecule has 4 heteroatoms. The van der Waals surface area contributed by atoms with Crippen LogP contribution in [0.5, 0.6) is 0 Å². The minimum Gasteiger partial charge on any atom is -0.305 e. The van der Waals surface area contributed by atoms with E-state index in [0.29, 0.717) is 11.4 Å². The highest BCUT2D eigenvalue weighted by Crippen LogP contribution is 2.11. The lowest BCUT2D eigenvalue weighted by molar-refractivity contribution is 0.102. The monoisotopic (exact) mass is 277 g/mol. The number of rotatable bonds is 3. The van der Waals surface area contributed by atoms with Crippen LogP contribution in [-0.4, -0.2) is 15.7 Å². The zero-order valence-corrected chi connectivity index (χ0v) is 11.7. The van der Waals surface area contributed by atoms with Crippen LogP contribution in [0.15, 0.2) is 66.9 Å². The predicted molar refractivity (Wildman–Crippen MR) is 82.7 cm³/mol. The van der Waals surface area contributed by atoms with Crippen molar-refractivity contribution in [1.82, 2.24) is 9.78 Å². The summed E-state index contributed by atoms with van der Waals surface area (Å²) in [6.45, 7) is 1.99. The second-order valence-corrected chi connectivity index (χ2v) is 4.80. The van der Waals surface area contributed by atoms with E-state index < -0.39 is 0 Å². The maximum Gasteiger partial charge on any atom is 0.256 e. The number of para-hydroxylation sites is 1. The van der Waals surface area contributed by atoms with E-state index in [1.807, 2.05) is 55.6 Å². The number of carbonyl (C=O) groups excluding carboxylic acids is 1. The van der Waals surface area contributed by atoms with Gasteiger partial charge in [-0.15, -0.1) is 0 Å². The van der Waals surface area contributed by atoms with Crippen molar-refractivity contribution >= 4 is 11.7 Å². The molecular weight excluding hydrogens is 262 g/mol. The van der Waals surface area contributed by atoms with Gasteiger partial charge in [0.15, 0.2) is 5.82 Å². The summed E-state index contributed by atoms with van der Waals surface area (Å²) < 4.78 is 1.73. The lowest BCUT2D eigenvalue weighted by Crippen LogP contribution is -2.12. The molecule has 0 aliphatic heterocycles. The van der Waals surface area contributed by atoms with E-state index in [1.54, 1.807) is 22.9 Å². The summed E-state index contributed by atoms with van der Waals surface area (Å²) in [4.78, 5) is 12.1. The Morgan fingerprint density at radius 2 is 1.71 bits per heavy atom. The Kier molecular flexibility index (Phi) is 3.51. The second-order valence-electron chi connectivity index (χ2n) is 4.80. The summed E-state index contributed by atoms with van der Waals surface area (Å²) >= 11 is 0. The molecule has 1 heterocycles. The first kappa shape index (κ1) is 13.1. The Balaban J connectivity index is 1.75. The molecule has 21 heavy (non-hydrogen) atoms. The van der Waals surface area contributed by atoms with Crippen LogP contribution in [0.25, 0.3) is 5.69 Å². The van der Waals surface area contributed by atoms with Crippen LogP contribution in [0, 0.1) is 6.92 Å². The number of carbonyl (C=O) groups is 1. The molecule has 1 amide bonds. The number of benzene rings is 2. The zero-order valence-electron chi connectivity index (χ0n) is 11.7. The van der Waals surface area contributed by atoms with Gasteiger partial charge in [-0.25, -0.2) is 4.68 Å². The number of nitrogens with zero attached hydrogens (tertiary/aromatic N) is 2. The molecule has 104 valence electrons. The average molecular weight is 277 g/mol. The molecule has 0 bridgehead atoms. The summed E-state index contributed by atoms with van der Waals surface area (Å²) in [6, 6.07) is 19.0. The number of aromatic nitrogens is 2. The molecule has 0 fully saturated rings. The summed E-state index contributed by atoms with van der Waals surface area (Å²) in [5.41, 5.74) is 2.70. The van der Waals surface area contributed by atoms with Crippen molar-refractivity contribution in [3.05, 3.63) is 78.0 Å². The van der Waals surface area contributed by atoms with Crippen molar-refractivity contribution in [2.75, 3.05) is 5.32 Å². The van der Waals surface area contributed by atoms with Crippen LogP contribution in [0.1, 0.15) is 15.9 Å². The van der Waals surface area contributed by atoms with Gasteiger partial charge in [0.2, 0.25) is 0 Å². The fourth-order valence-electron chi connectivity index (χ4n) is 2.01. The average Bonchev–Trinajstić information content (AvgIpc) is 2.97. The topological polar surface area (TPSA) is 46.9 Å². The quantitative estimate of drug-likeness (QED) is 0.797. The van der Waals surface area contributed by atoms with Crippen molar-refractivity contribution in [3.8, 4) is 5.69 Å². The number of nitrogens with one attached hydrogen (secondary N) is 1. The molecule has 0 unspecified atom stereocenters. The van der Waals surface area contributed by atoms with Gasteiger partial charge >= 0.3 is 0 Å². The van der Waals surface area contributed by atoms with Crippen molar-refractivity contribution in [3.63, 3.8) is 0 Å². The summed E-state index contributed by atoms with van der Waals surface area (Å²) in [5, 5.41) is 7.15. The van der Waals surface area contributed by atoms with Gasteiger partial charge in [-0.2, -0.15) is 5.10 Å². The maximum atomic E-state index is 12.1. The molecule has 3 aromatic rings. The minimum atomic E-state index is -0.159. The van der Waals surface area contributed by atoms with E-state index in [4.69, 9.17) is 0 Å². The lowest BCUT2D eigenvalue weighted by Gasteiger charge is -2.03. The van der Waals surface area contributed by atoms with E-state index in [2.05, 4.69) is 10.4 Å². The van der Waals surface area contributed by atoms with Gasteiger partial charge in [-0.3, -0.25) is 4.79 Å². The molecule has 1 N–H and O–H groups in total. The third-order valence-electron chi connectivity index (χ3n) is 3.17. The molecule has 0 saturated carbocycles. The molecule has 1 aromatic heterocycles. The molecular formula is C17H15N3O. The lowest BCUT2D eigenvalue weighted by atomic mass is 10.1. The molecule has 0 aliphatic rings. The van der Waals surface area contributed by atoms with Crippen LogP contribution in [-0.2, 0) is 0 Å². The molecule has 0 aliphatic carbocycles. The first-order valence-corrected chi connectivity index (χ1v) is 6.71. The Morgan fingerprint density at radius 3 is 2.43 bits per heavy atom. The van der Waals surface area contributed by atoms with Gasteiger partial charge in [0.05, 0.1) is 5.69 Å². The predicted octanol–water partition coefficient (Wildman–Crippen LogP) is 3.43. The van der Waals surface area contributed by atoms with Gasteiger partial charge in [-0.1, -0.05) is 35.9 Å². The third-order valence-corrected chi connectivity index (χ3v) is 3.17. The molecule has 3 rings (SSSR count). The first-order valence-electron chi connectivity index (χ1n) is 6.71. The zero-order chi connectivity index (χ0) is 14.7. The normalized spacial score (nSPS) is 10.3. The molecule has 0 saturated heterocycles. The molecule has 4 nitrogen and oxygen atoms in total. The number of amides is 1. The van der Waals surface area contributed by atoms with Crippen LogP contribution < -0.4 is 5.32 Å². The summed E-state index contributed by atoms with van der Waals surface area (Å²) in [7, 11) is 0. The summed E-state index contributed by atoms with van der Waals surface area (Å²) in [6.07, 6.45) is 1.82. The van der Waals surface area contributed by atoms with Crippen molar-refractivity contribution in [1.29, 1.82) is 0 Å². The highest BCUT2D eigenvalue weighted by Gasteiger charge is 2.08. The number of hydrogen-bond donors (Lipinski definition) is 1. The second kappa shape index (κ2) is 5.63. The smallest absolute Gasteiger partial charge is 0.256 e. The summed E-state index contributed by atoms with van der Waals surface area (Å²) in [5.74, 6) is 0.373. The Hall–Kier alpha value is -2.88. The van der Waals surface area contributed by atoms with Gasteiger partial charge < -0.3 is 5.32 Å².